The third-order valence-electron chi connectivity index (χ3n) is 4.46. The minimum absolute atomic E-state index is 0.0449. The Kier molecular flexibility index (Phi) is 5.86. The minimum Gasteiger partial charge on any atom is -0.496 e. The van der Waals surface area contributed by atoms with Gasteiger partial charge in [-0.3, -0.25) is 9.59 Å². The molecule has 0 aliphatic carbocycles. The number of amides is 1. The number of methoxy groups -OCH3 is 1. The van der Waals surface area contributed by atoms with Crippen LogP contribution in [0.2, 0.25) is 0 Å². The molecule has 1 amide bonds. The fourth-order valence-corrected chi connectivity index (χ4v) is 3.09. The lowest BCUT2D eigenvalue weighted by Crippen LogP contribution is -2.26. The van der Waals surface area contributed by atoms with Crippen LogP contribution in [0.3, 0.4) is 0 Å². The van der Waals surface area contributed by atoms with Crippen molar-refractivity contribution in [1.82, 2.24) is 15.3 Å². The van der Waals surface area contributed by atoms with Gasteiger partial charge >= 0.3 is 0 Å². The van der Waals surface area contributed by atoms with Crippen LogP contribution in [-0.4, -0.2) is 23.0 Å². The fourth-order valence-electron chi connectivity index (χ4n) is 3.09. The van der Waals surface area contributed by atoms with Gasteiger partial charge in [0.05, 0.1) is 24.1 Å². The van der Waals surface area contributed by atoms with E-state index in [1.807, 2.05) is 49.4 Å². The summed E-state index contributed by atoms with van der Waals surface area (Å²) in [7, 11) is 1.62. The van der Waals surface area contributed by atoms with Crippen molar-refractivity contribution < 1.29 is 9.53 Å². The summed E-state index contributed by atoms with van der Waals surface area (Å²) in [6.45, 7) is 1.93. The molecule has 3 aromatic rings. The average molecular weight is 365 g/mol. The van der Waals surface area contributed by atoms with Gasteiger partial charge in [0.2, 0.25) is 5.91 Å². The number of carbonyl (C=O) groups excluding carboxylic acids is 1. The number of rotatable bonds is 7. The van der Waals surface area contributed by atoms with E-state index in [-0.39, 0.29) is 17.5 Å². The largest absolute Gasteiger partial charge is 0.496 e. The second-order valence-electron chi connectivity index (χ2n) is 6.41. The Morgan fingerprint density at radius 1 is 1.19 bits per heavy atom. The Hall–Kier alpha value is -3.15. The lowest BCUT2D eigenvalue weighted by atomic mass is 10.1. The monoisotopic (exact) mass is 365 g/mol. The Morgan fingerprint density at radius 2 is 1.93 bits per heavy atom. The van der Waals surface area contributed by atoms with E-state index < -0.39 is 0 Å². The van der Waals surface area contributed by atoms with Crippen molar-refractivity contribution in [2.24, 2.45) is 0 Å². The number of aromatic amines is 1. The Labute approximate surface area is 157 Å². The topological polar surface area (TPSA) is 84.1 Å². The standard InChI is InChI=1S/C21H23N3O3/c1-14(15-8-4-6-11-18(15)27-2)22-20(25)13-7-12-19-23-17-10-5-3-9-16(17)21(26)24-19/h3-6,8-11,14H,7,12-13H2,1-2H3,(H,22,25)(H,23,24,26)/t14-/m1/s1. The predicted octanol–water partition coefficient (Wildman–Crippen LogP) is 3.13. The summed E-state index contributed by atoms with van der Waals surface area (Å²) in [5, 5.41) is 3.56. The van der Waals surface area contributed by atoms with Gasteiger partial charge in [0.25, 0.3) is 5.56 Å². The lowest BCUT2D eigenvalue weighted by molar-refractivity contribution is -0.121. The van der Waals surface area contributed by atoms with Gasteiger partial charge in [-0.15, -0.1) is 0 Å². The van der Waals surface area contributed by atoms with Crippen molar-refractivity contribution in [2.75, 3.05) is 7.11 Å². The molecule has 0 aliphatic rings. The zero-order valence-electron chi connectivity index (χ0n) is 15.5. The molecule has 0 radical (unpaired) electrons. The zero-order valence-corrected chi connectivity index (χ0v) is 15.5. The van der Waals surface area contributed by atoms with Crippen LogP contribution in [-0.2, 0) is 11.2 Å². The van der Waals surface area contributed by atoms with Crippen LogP contribution in [0.1, 0.15) is 37.2 Å². The van der Waals surface area contributed by atoms with E-state index in [1.54, 1.807) is 13.2 Å². The maximum atomic E-state index is 12.3. The van der Waals surface area contributed by atoms with E-state index in [1.165, 1.54) is 0 Å². The Balaban J connectivity index is 1.56. The van der Waals surface area contributed by atoms with E-state index in [0.717, 1.165) is 11.3 Å². The normalized spacial score (nSPS) is 11.9. The highest BCUT2D eigenvalue weighted by Gasteiger charge is 2.13. The van der Waals surface area contributed by atoms with Gasteiger partial charge < -0.3 is 15.0 Å². The number of hydrogen-bond acceptors (Lipinski definition) is 4. The highest BCUT2D eigenvalue weighted by molar-refractivity contribution is 5.77. The second kappa shape index (κ2) is 8.49. The van der Waals surface area contributed by atoms with Crippen LogP contribution in [0, 0.1) is 0 Å². The Bertz CT molecular complexity index is 997. The zero-order chi connectivity index (χ0) is 19.2. The van der Waals surface area contributed by atoms with Crippen molar-refractivity contribution in [3.05, 3.63) is 70.3 Å². The molecule has 1 heterocycles. The van der Waals surface area contributed by atoms with E-state index in [4.69, 9.17) is 4.74 Å². The minimum atomic E-state index is -0.148. The third kappa shape index (κ3) is 4.53. The summed E-state index contributed by atoms with van der Waals surface area (Å²) in [5.74, 6) is 1.31. The fraction of sp³-hybridized carbons (Fsp3) is 0.286. The van der Waals surface area contributed by atoms with E-state index in [0.29, 0.717) is 36.0 Å². The van der Waals surface area contributed by atoms with Crippen LogP contribution in [0.4, 0.5) is 0 Å². The molecule has 1 atom stereocenters. The second-order valence-corrected chi connectivity index (χ2v) is 6.41. The quantitative estimate of drug-likeness (QED) is 0.674. The van der Waals surface area contributed by atoms with Gasteiger partial charge in [-0.05, 0) is 31.5 Å². The molecule has 0 bridgehead atoms. The van der Waals surface area contributed by atoms with E-state index in [9.17, 15) is 9.59 Å². The van der Waals surface area contributed by atoms with Crippen LogP contribution in [0.5, 0.6) is 5.75 Å². The summed E-state index contributed by atoms with van der Waals surface area (Å²) in [6, 6.07) is 14.7. The molecule has 27 heavy (non-hydrogen) atoms. The summed E-state index contributed by atoms with van der Waals surface area (Å²) < 4.78 is 5.34. The summed E-state index contributed by atoms with van der Waals surface area (Å²) in [6.07, 6.45) is 1.50. The number of H-pyrrole nitrogens is 1. The van der Waals surface area contributed by atoms with Gasteiger partial charge in [-0.1, -0.05) is 30.3 Å². The molecule has 2 aromatic carbocycles. The summed E-state index contributed by atoms with van der Waals surface area (Å²) in [4.78, 5) is 31.6. The molecule has 6 nitrogen and oxygen atoms in total. The number of nitrogens with one attached hydrogen (secondary N) is 2. The number of carbonyl (C=O) groups is 1. The van der Waals surface area contributed by atoms with Gasteiger partial charge in [-0.25, -0.2) is 4.98 Å². The average Bonchev–Trinajstić information content (AvgIpc) is 2.68. The molecule has 0 aliphatic heterocycles. The lowest BCUT2D eigenvalue weighted by Gasteiger charge is -2.17. The SMILES string of the molecule is COc1ccccc1[C@@H](C)NC(=O)CCCc1nc2ccccc2c(=O)[nH]1. The first-order chi connectivity index (χ1) is 13.1. The third-order valence-corrected chi connectivity index (χ3v) is 4.46. The van der Waals surface area contributed by atoms with Gasteiger partial charge in [0, 0.05) is 18.4 Å². The number of aromatic nitrogens is 2. The molecule has 140 valence electrons. The smallest absolute Gasteiger partial charge is 0.258 e. The van der Waals surface area contributed by atoms with Gasteiger partial charge in [0.1, 0.15) is 11.6 Å². The summed E-state index contributed by atoms with van der Waals surface area (Å²) in [5.41, 5.74) is 1.46. The number of benzene rings is 2. The predicted molar refractivity (Wildman–Crippen MR) is 105 cm³/mol. The van der Waals surface area contributed by atoms with Crippen LogP contribution >= 0.6 is 0 Å². The molecule has 0 fully saturated rings. The molecule has 6 heteroatoms. The first kappa shape index (κ1) is 18.6. The Morgan fingerprint density at radius 3 is 2.74 bits per heavy atom. The summed E-state index contributed by atoms with van der Waals surface area (Å²) >= 11 is 0. The van der Waals surface area contributed by atoms with Crippen molar-refractivity contribution in [3.8, 4) is 5.75 Å². The number of hydrogen-bond donors (Lipinski definition) is 2. The molecule has 0 saturated heterocycles. The van der Waals surface area contributed by atoms with Crippen molar-refractivity contribution in [2.45, 2.75) is 32.2 Å². The number of para-hydroxylation sites is 2. The molecule has 0 unspecified atom stereocenters. The maximum Gasteiger partial charge on any atom is 0.258 e. The van der Waals surface area contributed by atoms with E-state index >= 15 is 0 Å². The van der Waals surface area contributed by atoms with E-state index in [2.05, 4.69) is 15.3 Å². The van der Waals surface area contributed by atoms with Crippen LogP contribution in [0.25, 0.3) is 10.9 Å². The molecule has 0 saturated carbocycles. The molecule has 0 spiro atoms. The molecular weight excluding hydrogens is 342 g/mol. The van der Waals surface area contributed by atoms with Crippen LogP contribution < -0.4 is 15.6 Å². The highest BCUT2D eigenvalue weighted by atomic mass is 16.5. The van der Waals surface area contributed by atoms with Crippen molar-refractivity contribution in [1.29, 1.82) is 0 Å². The molecule has 1 aromatic heterocycles. The first-order valence-electron chi connectivity index (χ1n) is 8.98. The van der Waals surface area contributed by atoms with Crippen molar-refractivity contribution >= 4 is 16.8 Å². The van der Waals surface area contributed by atoms with Gasteiger partial charge in [0.15, 0.2) is 0 Å². The van der Waals surface area contributed by atoms with Gasteiger partial charge in [-0.2, -0.15) is 0 Å². The maximum absolute atomic E-state index is 12.3. The van der Waals surface area contributed by atoms with Crippen molar-refractivity contribution in [3.63, 3.8) is 0 Å². The number of nitrogens with zero attached hydrogens (tertiary/aromatic N) is 1. The molecular formula is C21H23N3O3. The number of fused-ring (bicyclic) bond motifs is 1. The molecule has 2 N–H and O–H groups in total. The highest BCUT2D eigenvalue weighted by Crippen LogP contribution is 2.24. The number of ether oxygens (including phenoxy) is 1. The first-order valence-corrected chi connectivity index (χ1v) is 8.98. The number of aryl methyl sites for hydroxylation is 1. The molecule has 3 rings (SSSR count). The van der Waals surface area contributed by atoms with Crippen LogP contribution in [0.15, 0.2) is 53.3 Å².